The van der Waals surface area contributed by atoms with Crippen LogP contribution < -0.4 is 10.9 Å². The summed E-state index contributed by atoms with van der Waals surface area (Å²) in [4.78, 5) is 12.4. The van der Waals surface area contributed by atoms with Gasteiger partial charge in [0.2, 0.25) is 0 Å². The first-order chi connectivity index (χ1) is 11.2. The lowest BCUT2D eigenvalue weighted by atomic mass is 9.58. The molecule has 2 aliphatic rings. The topological polar surface area (TPSA) is 59.5 Å². The third kappa shape index (κ3) is 3.21. The molecule has 2 fully saturated rings. The Balaban J connectivity index is 1.78. The Labute approximate surface area is 148 Å². The maximum Gasteiger partial charge on any atom is 0.287 e. The molecule has 5 atom stereocenters. The maximum atomic E-state index is 12.4. The molecule has 1 N–H and O–H groups in total. The molecule has 0 bridgehead atoms. The van der Waals surface area contributed by atoms with Crippen LogP contribution in [0.1, 0.15) is 41.0 Å². The van der Waals surface area contributed by atoms with Crippen LogP contribution in [0.4, 0.5) is 5.69 Å². The van der Waals surface area contributed by atoms with E-state index in [1.54, 1.807) is 6.20 Å². The van der Waals surface area contributed by atoms with Crippen LogP contribution in [0.3, 0.4) is 0 Å². The number of rotatable bonds is 4. The average Bonchev–Trinajstić information content (AvgIpc) is 3.34. The summed E-state index contributed by atoms with van der Waals surface area (Å²) in [5.41, 5.74) is 0.709. The van der Waals surface area contributed by atoms with E-state index in [4.69, 9.17) is 16.3 Å². The monoisotopic (exact) mass is 353 g/mol. The number of nitrogens with zero attached hydrogens (tertiary/aromatic N) is 2. The highest BCUT2D eigenvalue weighted by atomic mass is 35.5. The van der Waals surface area contributed by atoms with Gasteiger partial charge in [-0.05, 0) is 29.6 Å². The molecular weight excluding hydrogens is 326 g/mol. The van der Waals surface area contributed by atoms with Gasteiger partial charge < -0.3 is 10.1 Å². The second-order valence-electron chi connectivity index (χ2n) is 8.17. The molecule has 2 heterocycles. The van der Waals surface area contributed by atoms with Gasteiger partial charge in [-0.2, -0.15) is 5.10 Å². The molecule has 24 heavy (non-hydrogen) atoms. The van der Waals surface area contributed by atoms with Crippen molar-refractivity contribution in [3.63, 3.8) is 0 Å². The quantitative estimate of drug-likeness (QED) is 0.842. The Hall–Kier alpha value is -1.07. The normalized spacial score (nSPS) is 34.8. The van der Waals surface area contributed by atoms with Gasteiger partial charge in [0.25, 0.3) is 5.56 Å². The number of anilines is 1. The highest BCUT2D eigenvalue weighted by Gasteiger charge is 2.43. The van der Waals surface area contributed by atoms with Crippen molar-refractivity contribution in [2.45, 2.75) is 59.7 Å². The van der Waals surface area contributed by atoms with E-state index in [0.717, 1.165) is 6.42 Å². The van der Waals surface area contributed by atoms with E-state index in [0.29, 0.717) is 48.0 Å². The molecular formula is C18H28ClN3O2. The third-order valence-corrected chi connectivity index (χ3v) is 6.94. The molecule has 6 heteroatoms. The largest absolute Gasteiger partial charge is 0.379 e. The molecule has 0 amide bonds. The summed E-state index contributed by atoms with van der Waals surface area (Å²) in [5, 5.41) is 7.97. The van der Waals surface area contributed by atoms with Crippen LogP contribution in [0, 0.1) is 23.2 Å². The fourth-order valence-corrected chi connectivity index (χ4v) is 4.03. The second kappa shape index (κ2) is 6.34. The van der Waals surface area contributed by atoms with Gasteiger partial charge in [0, 0.05) is 6.04 Å². The Morgan fingerprint density at radius 3 is 2.71 bits per heavy atom. The van der Waals surface area contributed by atoms with Gasteiger partial charge in [0.1, 0.15) is 11.1 Å². The summed E-state index contributed by atoms with van der Waals surface area (Å²) in [5.74, 6) is 1.67. The lowest BCUT2D eigenvalue weighted by molar-refractivity contribution is 0.0316. The van der Waals surface area contributed by atoms with Gasteiger partial charge in [0.15, 0.2) is 0 Å². The summed E-state index contributed by atoms with van der Waals surface area (Å²) < 4.78 is 6.55. The minimum absolute atomic E-state index is 0.104. The molecule has 0 aromatic carbocycles. The number of hydrogen-bond donors (Lipinski definition) is 1. The average molecular weight is 354 g/mol. The van der Waals surface area contributed by atoms with E-state index in [1.807, 2.05) is 0 Å². The zero-order valence-electron chi connectivity index (χ0n) is 15.2. The molecule has 1 aromatic rings. The summed E-state index contributed by atoms with van der Waals surface area (Å²) in [6, 6.07) is 0.296. The van der Waals surface area contributed by atoms with Crippen molar-refractivity contribution in [1.29, 1.82) is 0 Å². The summed E-state index contributed by atoms with van der Waals surface area (Å²) >= 11 is 6.32. The highest BCUT2D eigenvalue weighted by molar-refractivity contribution is 6.32. The molecule has 0 radical (unpaired) electrons. The first-order valence-electron chi connectivity index (χ1n) is 8.85. The van der Waals surface area contributed by atoms with E-state index < -0.39 is 0 Å². The number of ether oxygens (including phenoxy) is 1. The van der Waals surface area contributed by atoms with E-state index in [2.05, 4.69) is 45.0 Å². The molecule has 1 aliphatic heterocycles. The molecule has 1 saturated carbocycles. The van der Waals surface area contributed by atoms with Crippen LogP contribution in [-0.2, 0) is 11.3 Å². The minimum atomic E-state index is -0.248. The van der Waals surface area contributed by atoms with Crippen LogP contribution in [0.2, 0.25) is 5.02 Å². The van der Waals surface area contributed by atoms with Gasteiger partial charge in [-0.3, -0.25) is 4.79 Å². The fourth-order valence-electron chi connectivity index (χ4n) is 3.83. The zero-order valence-corrected chi connectivity index (χ0v) is 15.9. The van der Waals surface area contributed by atoms with Crippen molar-refractivity contribution in [1.82, 2.24) is 9.78 Å². The van der Waals surface area contributed by atoms with Gasteiger partial charge in [-0.15, -0.1) is 0 Å². The van der Waals surface area contributed by atoms with Crippen molar-refractivity contribution in [3.05, 3.63) is 21.6 Å². The number of halogens is 1. The van der Waals surface area contributed by atoms with Crippen LogP contribution >= 0.6 is 11.6 Å². The van der Waals surface area contributed by atoms with Crippen LogP contribution in [-0.4, -0.2) is 28.5 Å². The van der Waals surface area contributed by atoms with E-state index >= 15 is 0 Å². The van der Waals surface area contributed by atoms with Crippen LogP contribution in [0.15, 0.2) is 11.0 Å². The van der Waals surface area contributed by atoms with Crippen molar-refractivity contribution in [2.75, 3.05) is 11.9 Å². The van der Waals surface area contributed by atoms with E-state index in [9.17, 15) is 4.79 Å². The van der Waals surface area contributed by atoms with Crippen molar-refractivity contribution in [3.8, 4) is 0 Å². The van der Waals surface area contributed by atoms with E-state index in [1.165, 1.54) is 4.68 Å². The molecule has 134 valence electrons. The molecule has 0 spiro atoms. The smallest absolute Gasteiger partial charge is 0.287 e. The lowest BCUT2D eigenvalue weighted by Crippen LogP contribution is -2.48. The first kappa shape index (κ1) is 17.7. The molecule has 0 unspecified atom stereocenters. The predicted molar refractivity (Wildman–Crippen MR) is 96.5 cm³/mol. The number of aromatic nitrogens is 2. The molecule has 3 rings (SSSR count). The Morgan fingerprint density at radius 2 is 2.08 bits per heavy atom. The Kier molecular flexibility index (Phi) is 4.69. The van der Waals surface area contributed by atoms with Crippen LogP contribution in [0.5, 0.6) is 0 Å². The van der Waals surface area contributed by atoms with Gasteiger partial charge >= 0.3 is 0 Å². The fraction of sp³-hybridized carbons (Fsp3) is 0.778. The number of hydrogen-bond acceptors (Lipinski definition) is 4. The van der Waals surface area contributed by atoms with Gasteiger partial charge in [-0.25, -0.2) is 4.68 Å². The summed E-state index contributed by atoms with van der Waals surface area (Å²) in [7, 11) is 0. The molecule has 1 saturated heterocycles. The third-order valence-electron chi connectivity index (χ3n) is 6.58. The molecule has 1 aliphatic carbocycles. The summed E-state index contributed by atoms with van der Waals surface area (Å²) in [6.07, 6.45) is 2.84. The van der Waals surface area contributed by atoms with E-state index in [-0.39, 0.29) is 16.7 Å². The second-order valence-corrected chi connectivity index (χ2v) is 8.55. The van der Waals surface area contributed by atoms with Gasteiger partial charge in [-0.1, -0.05) is 46.2 Å². The maximum absolute atomic E-state index is 12.4. The number of epoxide rings is 1. The standard InChI is InChI=1S/C18H28ClN3O2/c1-10-6-14(11(2)12(3)18(10,4)5)21-15-7-20-22(8-13-9-24-13)17(23)16(15)19/h7,10-14,21H,6,8-9H2,1-5H3/t10-,11+,12+,13+,14+/m0/s1. The Bertz CT molecular complexity index is 669. The predicted octanol–water partition coefficient (Wildman–Crippen LogP) is 3.41. The molecule has 1 aromatic heterocycles. The Morgan fingerprint density at radius 1 is 1.42 bits per heavy atom. The molecule has 5 nitrogen and oxygen atoms in total. The summed E-state index contributed by atoms with van der Waals surface area (Å²) in [6.45, 7) is 12.8. The van der Waals surface area contributed by atoms with Crippen molar-refractivity contribution in [2.24, 2.45) is 23.2 Å². The van der Waals surface area contributed by atoms with Crippen molar-refractivity contribution >= 4 is 17.3 Å². The van der Waals surface area contributed by atoms with Crippen LogP contribution in [0.25, 0.3) is 0 Å². The SMILES string of the molecule is C[C@@H]1[C@@H](C)C(C)(C)[C@@H](C)C[C@H]1Nc1cnn(C[C@@H]2CO2)c(=O)c1Cl. The van der Waals surface area contributed by atoms with Gasteiger partial charge in [0.05, 0.1) is 25.0 Å². The minimum Gasteiger partial charge on any atom is -0.379 e. The number of nitrogens with one attached hydrogen (secondary N) is 1. The highest BCUT2D eigenvalue weighted by Crippen LogP contribution is 2.48. The zero-order chi connectivity index (χ0) is 17.6. The first-order valence-corrected chi connectivity index (χ1v) is 9.23. The van der Waals surface area contributed by atoms with Crippen molar-refractivity contribution < 1.29 is 4.74 Å². The lowest BCUT2D eigenvalue weighted by Gasteiger charge is -2.50.